The van der Waals surface area contributed by atoms with E-state index in [-0.39, 0.29) is 18.7 Å². The van der Waals surface area contributed by atoms with Gasteiger partial charge in [0.1, 0.15) is 0 Å². The molecule has 0 aliphatic heterocycles. The standard InChI is InChI=1S/C17H11ClF9N3O/c1-3-4-30-12(31-2)7-11(17(25,26)27)29-14(30)28-10-6-8(15(19,20)21)5-9(13(10)18)16(22,23)24/h3,5-7H,1,4H2,2H3. The Morgan fingerprint density at radius 2 is 1.65 bits per heavy atom. The van der Waals surface area contributed by atoms with E-state index in [1.54, 1.807) is 0 Å². The molecule has 0 radical (unpaired) electrons. The molecule has 2 rings (SSSR count). The number of hydrogen-bond donors (Lipinski definition) is 0. The van der Waals surface area contributed by atoms with E-state index < -0.39 is 57.6 Å². The van der Waals surface area contributed by atoms with Crippen molar-refractivity contribution in [2.24, 2.45) is 4.99 Å². The number of alkyl halides is 9. The molecule has 0 spiro atoms. The molecule has 0 amide bonds. The summed E-state index contributed by atoms with van der Waals surface area (Å²) in [5.74, 6) is -0.472. The maximum atomic E-state index is 13.2. The summed E-state index contributed by atoms with van der Waals surface area (Å²) in [4.78, 5) is 6.70. The number of nitrogens with zero attached hydrogens (tertiary/aromatic N) is 3. The van der Waals surface area contributed by atoms with Gasteiger partial charge in [0.05, 0.1) is 28.9 Å². The number of methoxy groups -OCH3 is 1. The van der Waals surface area contributed by atoms with Crippen LogP contribution in [-0.2, 0) is 25.1 Å². The van der Waals surface area contributed by atoms with Gasteiger partial charge in [-0.3, -0.25) is 4.57 Å². The third-order valence-corrected chi connectivity index (χ3v) is 4.10. The van der Waals surface area contributed by atoms with E-state index in [4.69, 9.17) is 16.3 Å². The molecule has 0 bridgehead atoms. The molecule has 0 aliphatic carbocycles. The highest BCUT2D eigenvalue weighted by molar-refractivity contribution is 6.33. The largest absolute Gasteiger partial charge is 0.482 e. The van der Waals surface area contributed by atoms with Gasteiger partial charge in [-0.25, -0.2) is 9.98 Å². The molecular formula is C17H11ClF9N3O. The Kier molecular flexibility index (Phi) is 6.69. The molecule has 1 aromatic carbocycles. The maximum absolute atomic E-state index is 13.2. The first-order valence-corrected chi connectivity index (χ1v) is 8.34. The number of halogens is 10. The first kappa shape index (κ1) is 24.6. The fraction of sp³-hybridized carbons (Fsp3) is 0.294. The number of aromatic nitrogens is 2. The zero-order valence-corrected chi connectivity index (χ0v) is 16.0. The first-order valence-electron chi connectivity index (χ1n) is 7.96. The fourth-order valence-corrected chi connectivity index (χ4v) is 2.62. The molecule has 0 N–H and O–H groups in total. The predicted octanol–water partition coefficient (Wildman–Crippen LogP) is 6.02. The van der Waals surface area contributed by atoms with Crippen molar-refractivity contribution in [2.75, 3.05) is 7.11 Å². The van der Waals surface area contributed by atoms with Crippen LogP contribution in [0.1, 0.15) is 16.8 Å². The van der Waals surface area contributed by atoms with Gasteiger partial charge < -0.3 is 4.74 Å². The van der Waals surface area contributed by atoms with Crippen LogP contribution >= 0.6 is 11.6 Å². The fourth-order valence-electron chi connectivity index (χ4n) is 2.36. The highest BCUT2D eigenvalue weighted by Gasteiger charge is 2.39. The summed E-state index contributed by atoms with van der Waals surface area (Å²) in [6.07, 6.45) is -14.4. The molecule has 31 heavy (non-hydrogen) atoms. The lowest BCUT2D eigenvalue weighted by Gasteiger charge is -2.16. The van der Waals surface area contributed by atoms with Gasteiger partial charge in [0.25, 0.3) is 0 Å². The minimum absolute atomic E-state index is 0.171. The van der Waals surface area contributed by atoms with Crippen LogP contribution in [-0.4, -0.2) is 16.7 Å². The second kappa shape index (κ2) is 8.44. The molecular weight excluding hydrogens is 469 g/mol. The third-order valence-electron chi connectivity index (χ3n) is 3.71. The second-order valence-corrected chi connectivity index (χ2v) is 6.22. The van der Waals surface area contributed by atoms with Crippen LogP contribution in [0.25, 0.3) is 0 Å². The van der Waals surface area contributed by atoms with Gasteiger partial charge in [-0.1, -0.05) is 17.7 Å². The quantitative estimate of drug-likeness (QED) is 0.397. The molecule has 1 aromatic heterocycles. The Morgan fingerprint density at radius 3 is 2.10 bits per heavy atom. The number of allylic oxidation sites excluding steroid dienone is 1. The lowest BCUT2D eigenvalue weighted by atomic mass is 10.1. The van der Waals surface area contributed by atoms with Gasteiger partial charge in [-0.15, -0.1) is 6.58 Å². The van der Waals surface area contributed by atoms with Crippen LogP contribution in [0.15, 0.2) is 35.8 Å². The predicted molar refractivity (Wildman–Crippen MR) is 90.7 cm³/mol. The molecule has 4 nitrogen and oxygen atoms in total. The van der Waals surface area contributed by atoms with Crippen LogP contribution in [0.2, 0.25) is 5.02 Å². The van der Waals surface area contributed by atoms with Crippen molar-refractivity contribution in [3.05, 3.63) is 58.3 Å². The minimum atomic E-state index is -5.29. The van der Waals surface area contributed by atoms with Crippen LogP contribution in [0.3, 0.4) is 0 Å². The molecule has 0 fully saturated rings. The maximum Gasteiger partial charge on any atom is 0.433 e. The van der Waals surface area contributed by atoms with E-state index >= 15 is 0 Å². The average Bonchev–Trinajstić information content (AvgIpc) is 2.61. The molecule has 2 aromatic rings. The van der Waals surface area contributed by atoms with Gasteiger partial charge >= 0.3 is 18.5 Å². The van der Waals surface area contributed by atoms with Gasteiger partial charge in [-0.2, -0.15) is 39.5 Å². The number of rotatable bonds is 4. The lowest BCUT2D eigenvalue weighted by molar-refractivity contribution is -0.143. The smallest absolute Gasteiger partial charge is 0.433 e. The average molecular weight is 480 g/mol. The Bertz CT molecular complexity index is 1050. The second-order valence-electron chi connectivity index (χ2n) is 5.85. The van der Waals surface area contributed by atoms with Crippen molar-refractivity contribution >= 4 is 17.3 Å². The van der Waals surface area contributed by atoms with Crippen LogP contribution in [0.4, 0.5) is 45.2 Å². The summed E-state index contributed by atoms with van der Waals surface area (Å²) in [5, 5.41) is -1.25. The van der Waals surface area contributed by atoms with Crippen molar-refractivity contribution in [2.45, 2.75) is 25.1 Å². The zero-order chi connectivity index (χ0) is 23.8. The summed E-state index contributed by atoms with van der Waals surface area (Å²) >= 11 is 5.61. The molecule has 14 heteroatoms. The molecule has 0 saturated carbocycles. The lowest BCUT2D eigenvalue weighted by Crippen LogP contribution is -2.28. The van der Waals surface area contributed by atoms with E-state index in [1.165, 1.54) is 6.08 Å². The summed E-state index contributed by atoms with van der Waals surface area (Å²) < 4.78 is 124. The van der Waals surface area contributed by atoms with Gasteiger partial charge in [0, 0.05) is 12.6 Å². The van der Waals surface area contributed by atoms with Crippen molar-refractivity contribution in [1.82, 2.24) is 9.55 Å². The summed E-state index contributed by atoms with van der Waals surface area (Å²) in [7, 11) is 0.998. The topological polar surface area (TPSA) is 39.4 Å². The molecule has 0 atom stereocenters. The highest BCUT2D eigenvalue weighted by atomic mass is 35.5. The summed E-state index contributed by atoms with van der Waals surface area (Å²) in [5.41, 5.74) is -7.15. The Morgan fingerprint density at radius 1 is 1.03 bits per heavy atom. The summed E-state index contributed by atoms with van der Waals surface area (Å²) in [6.45, 7) is 3.09. The monoisotopic (exact) mass is 479 g/mol. The Balaban J connectivity index is 2.98. The highest BCUT2D eigenvalue weighted by Crippen LogP contribution is 2.43. The number of hydrogen-bond acceptors (Lipinski definition) is 3. The van der Waals surface area contributed by atoms with Gasteiger partial charge in [-0.05, 0) is 12.1 Å². The molecule has 170 valence electrons. The van der Waals surface area contributed by atoms with E-state index in [0.29, 0.717) is 6.07 Å². The normalized spacial score (nSPS) is 13.5. The van der Waals surface area contributed by atoms with Crippen LogP contribution < -0.4 is 10.4 Å². The molecule has 0 unspecified atom stereocenters. The van der Waals surface area contributed by atoms with Gasteiger partial charge in [0.2, 0.25) is 5.62 Å². The number of ether oxygens (including phenoxy) is 1. The van der Waals surface area contributed by atoms with E-state index in [1.807, 2.05) is 0 Å². The molecule has 1 heterocycles. The van der Waals surface area contributed by atoms with E-state index in [2.05, 4.69) is 16.6 Å². The Hall–Kier alpha value is -2.70. The van der Waals surface area contributed by atoms with Crippen molar-refractivity contribution < 1.29 is 44.3 Å². The molecule has 0 saturated heterocycles. The number of benzene rings is 1. The van der Waals surface area contributed by atoms with E-state index in [9.17, 15) is 39.5 Å². The summed E-state index contributed by atoms with van der Waals surface area (Å²) in [6, 6.07) is 0.431. The SMILES string of the molecule is C=CCn1c(OC)cc(C(F)(F)F)nc1=Nc1cc(C(F)(F)F)cc(C(F)(F)F)c1Cl. The van der Waals surface area contributed by atoms with Crippen LogP contribution in [0.5, 0.6) is 5.88 Å². The van der Waals surface area contributed by atoms with Crippen molar-refractivity contribution in [3.63, 3.8) is 0 Å². The van der Waals surface area contributed by atoms with Crippen molar-refractivity contribution in [3.8, 4) is 5.88 Å². The Labute approximate surface area is 173 Å². The van der Waals surface area contributed by atoms with Crippen LogP contribution in [0, 0.1) is 0 Å². The van der Waals surface area contributed by atoms with E-state index in [0.717, 1.165) is 11.7 Å². The first-order chi connectivity index (χ1) is 14.1. The van der Waals surface area contributed by atoms with Crippen molar-refractivity contribution in [1.29, 1.82) is 0 Å². The molecule has 0 aliphatic rings. The third kappa shape index (κ3) is 5.51. The van der Waals surface area contributed by atoms with Gasteiger partial charge in [0.15, 0.2) is 11.6 Å². The zero-order valence-electron chi connectivity index (χ0n) is 15.3. The minimum Gasteiger partial charge on any atom is -0.482 e.